The van der Waals surface area contributed by atoms with Crippen LogP contribution in [0.4, 0.5) is 0 Å². The second kappa shape index (κ2) is 7.10. The third-order valence-electron chi connectivity index (χ3n) is 3.87. The van der Waals surface area contributed by atoms with Crippen LogP contribution in [0.3, 0.4) is 0 Å². The maximum Gasteiger partial charge on any atom is 0.324 e. The molecule has 1 aromatic carbocycles. The van der Waals surface area contributed by atoms with Crippen molar-refractivity contribution in [2.45, 2.75) is 51.2 Å². The van der Waals surface area contributed by atoms with E-state index in [-0.39, 0.29) is 17.9 Å². The molecule has 0 N–H and O–H groups in total. The monoisotopic (exact) mass is 301 g/mol. The lowest BCUT2D eigenvalue weighted by Crippen LogP contribution is -2.46. The molecule has 0 aromatic heterocycles. The molecule has 0 bridgehead atoms. The fourth-order valence-corrected chi connectivity index (χ4v) is 2.88. The average molecular weight is 301 g/mol. The number of benzene rings is 1. The van der Waals surface area contributed by atoms with Gasteiger partial charge >= 0.3 is 5.97 Å². The summed E-state index contributed by atoms with van der Waals surface area (Å²) in [5.41, 5.74) is 0.689. The minimum Gasteiger partial charge on any atom is -0.459 e. The molecule has 1 aliphatic rings. The van der Waals surface area contributed by atoms with Crippen molar-refractivity contribution in [1.82, 2.24) is 4.90 Å². The van der Waals surface area contributed by atoms with Crippen molar-refractivity contribution in [3.05, 3.63) is 48.0 Å². The molecule has 1 aromatic rings. The number of hydrogen-bond donors (Lipinski definition) is 0. The van der Waals surface area contributed by atoms with Crippen LogP contribution in [0.2, 0.25) is 0 Å². The molecule has 1 aliphatic heterocycles. The zero-order valence-electron chi connectivity index (χ0n) is 14.1. The average Bonchev–Trinajstić information content (AvgIpc) is 2.41. The van der Waals surface area contributed by atoms with Crippen molar-refractivity contribution in [1.29, 1.82) is 0 Å². The molecule has 22 heavy (non-hydrogen) atoms. The van der Waals surface area contributed by atoms with Gasteiger partial charge < -0.3 is 4.74 Å². The second-order valence-corrected chi connectivity index (χ2v) is 6.97. The Morgan fingerprint density at radius 3 is 2.55 bits per heavy atom. The van der Waals surface area contributed by atoms with E-state index in [0.29, 0.717) is 0 Å². The molecule has 2 rings (SSSR count). The molecule has 0 radical (unpaired) electrons. The third kappa shape index (κ3) is 4.44. The van der Waals surface area contributed by atoms with Gasteiger partial charge in [0.25, 0.3) is 0 Å². The van der Waals surface area contributed by atoms with Crippen molar-refractivity contribution in [3.8, 4) is 0 Å². The Hall–Kier alpha value is -1.61. The molecular formula is C19H27NO2. The van der Waals surface area contributed by atoms with Crippen LogP contribution in [-0.2, 0) is 9.53 Å². The molecule has 0 saturated heterocycles. The van der Waals surface area contributed by atoms with Gasteiger partial charge in [0.1, 0.15) is 11.6 Å². The van der Waals surface area contributed by atoms with Gasteiger partial charge in [-0.3, -0.25) is 9.69 Å². The molecule has 0 unspecified atom stereocenters. The van der Waals surface area contributed by atoms with Crippen LogP contribution in [0.25, 0.3) is 0 Å². The summed E-state index contributed by atoms with van der Waals surface area (Å²) in [4.78, 5) is 14.9. The summed E-state index contributed by atoms with van der Waals surface area (Å²) >= 11 is 0. The summed E-state index contributed by atoms with van der Waals surface area (Å²) in [6.45, 7) is 6.65. The van der Waals surface area contributed by atoms with Gasteiger partial charge in [0, 0.05) is 5.92 Å². The summed E-state index contributed by atoms with van der Waals surface area (Å²) in [6, 6.07) is 9.94. The normalized spacial score (nSPS) is 25.1. The van der Waals surface area contributed by atoms with Crippen LogP contribution in [0.15, 0.2) is 42.5 Å². The minimum atomic E-state index is -0.467. The van der Waals surface area contributed by atoms with Gasteiger partial charge in [-0.15, -0.1) is 0 Å². The molecule has 0 aliphatic carbocycles. The fourth-order valence-electron chi connectivity index (χ4n) is 2.88. The predicted molar refractivity (Wildman–Crippen MR) is 89.8 cm³/mol. The number of ether oxygens (including phenoxy) is 1. The standard InChI is InChI=1S/C19H27NO2/c1-19(2,3)22-18(21)17-16(15-11-7-5-8-12-15)13-9-6-10-14-20(17)4/h5,7-9,11-13,16-17H,6,10,14H2,1-4H3/b13-9-/t16-,17+/m1/s1. The number of nitrogens with zero attached hydrogens (tertiary/aromatic N) is 1. The van der Waals surface area contributed by atoms with Gasteiger partial charge in [0.15, 0.2) is 0 Å². The molecule has 1 heterocycles. The van der Waals surface area contributed by atoms with E-state index in [2.05, 4.69) is 29.2 Å². The number of carbonyl (C=O) groups is 1. The topological polar surface area (TPSA) is 29.5 Å². The Morgan fingerprint density at radius 1 is 1.23 bits per heavy atom. The van der Waals surface area contributed by atoms with E-state index in [1.807, 2.05) is 46.0 Å². The number of hydrogen-bond acceptors (Lipinski definition) is 3. The van der Waals surface area contributed by atoms with Gasteiger partial charge in [-0.2, -0.15) is 0 Å². The summed E-state index contributed by atoms with van der Waals surface area (Å²) in [7, 11) is 2.02. The highest BCUT2D eigenvalue weighted by Gasteiger charge is 2.35. The fraction of sp³-hybridized carbons (Fsp3) is 0.526. The van der Waals surface area contributed by atoms with Gasteiger partial charge in [-0.1, -0.05) is 42.5 Å². The van der Waals surface area contributed by atoms with E-state index >= 15 is 0 Å². The number of esters is 1. The maximum absolute atomic E-state index is 12.8. The van der Waals surface area contributed by atoms with E-state index in [1.54, 1.807) is 0 Å². The summed E-state index contributed by atoms with van der Waals surface area (Å²) < 4.78 is 5.68. The third-order valence-corrected chi connectivity index (χ3v) is 3.87. The highest BCUT2D eigenvalue weighted by molar-refractivity contribution is 5.78. The van der Waals surface area contributed by atoms with E-state index in [1.165, 1.54) is 0 Å². The van der Waals surface area contributed by atoms with Gasteiger partial charge in [-0.05, 0) is 52.8 Å². The van der Waals surface area contributed by atoms with Crippen molar-refractivity contribution in [2.75, 3.05) is 13.6 Å². The van der Waals surface area contributed by atoms with Crippen molar-refractivity contribution < 1.29 is 9.53 Å². The number of carbonyl (C=O) groups excluding carboxylic acids is 1. The Labute approximate surface area is 134 Å². The largest absolute Gasteiger partial charge is 0.459 e. The first-order chi connectivity index (χ1) is 10.4. The van der Waals surface area contributed by atoms with Crippen molar-refractivity contribution in [3.63, 3.8) is 0 Å². The SMILES string of the molecule is CN1CCC/C=C\[C@H](c2ccccc2)[C@H]1C(=O)OC(C)(C)C. The Kier molecular flexibility index (Phi) is 5.41. The first-order valence-electron chi connectivity index (χ1n) is 8.03. The van der Waals surface area contributed by atoms with Crippen molar-refractivity contribution >= 4 is 5.97 Å². The zero-order chi connectivity index (χ0) is 16.2. The Balaban J connectivity index is 2.35. The lowest BCUT2D eigenvalue weighted by molar-refractivity contribution is -0.161. The Bertz CT molecular complexity index is 516. The van der Waals surface area contributed by atoms with Crippen LogP contribution in [-0.4, -0.2) is 36.1 Å². The van der Waals surface area contributed by atoms with Crippen molar-refractivity contribution in [2.24, 2.45) is 0 Å². The van der Waals surface area contributed by atoms with E-state index < -0.39 is 5.60 Å². The van der Waals surface area contributed by atoms with Gasteiger partial charge in [0.2, 0.25) is 0 Å². The molecule has 2 atom stereocenters. The number of likely N-dealkylation sites (N-methyl/N-ethyl adjacent to an activating group) is 1. The van der Waals surface area contributed by atoms with Crippen LogP contribution in [0, 0.1) is 0 Å². The lowest BCUT2D eigenvalue weighted by atomic mass is 9.88. The first kappa shape index (κ1) is 16.8. The van der Waals surface area contributed by atoms with Gasteiger partial charge in [-0.25, -0.2) is 0 Å². The molecule has 3 nitrogen and oxygen atoms in total. The maximum atomic E-state index is 12.8. The van der Waals surface area contributed by atoms with Crippen LogP contribution in [0.1, 0.15) is 45.1 Å². The van der Waals surface area contributed by atoms with Crippen LogP contribution in [0.5, 0.6) is 0 Å². The Morgan fingerprint density at radius 2 is 1.91 bits per heavy atom. The highest BCUT2D eigenvalue weighted by Crippen LogP contribution is 2.28. The van der Waals surface area contributed by atoms with Crippen LogP contribution < -0.4 is 0 Å². The summed E-state index contributed by atoms with van der Waals surface area (Å²) in [6.07, 6.45) is 6.48. The number of allylic oxidation sites excluding steroid dienone is 1. The predicted octanol–water partition coefficient (Wildman–Crippen LogP) is 3.76. The van der Waals surface area contributed by atoms with E-state index in [9.17, 15) is 4.79 Å². The minimum absolute atomic E-state index is 0.0290. The molecule has 3 heteroatoms. The lowest BCUT2D eigenvalue weighted by Gasteiger charge is -2.35. The molecule has 0 saturated carbocycles. The first-order valence-corrected chi connectivity index (χ1v) is 8.03. The quantitative estimate of drug-likeness (QED) is 0.615. The van der Waals surface area contributed by atoms with Crippen LogP contribution >= 0.6 is 0 Å². The smallest absolute Gasteiger partial charge is 0.324 e. The molecule has 120 valence electrons. The molecule has 0 amide bonds. The zero-order valence-corrected chi connectivity index (χ0v) is 14.1. The van der Waals surface area contributed by atoms with E-state index in [0.717, 1.165) is 24.9 Å². The second-order valence-electron chi connectivity index (χ2n) is 6.97. The van der Waals surface area contributed by atoms with E-state index in [4.69, 9.17) is 4.74 Å². The highest BCUT2D eigenvalue weighted by atomic mass is 16.6. The molecular weight excluding hydrogens is 274 g/mol. The summed E-state index contributed by atoms with van der Waals surface area (Å²) in [5.74, 6) is -0.114. The number of rotatable bonds is 2. The molecule has 0 fully saturated rings. The summed E-state index contributed by atoms with van der Waals surface area (Å²) in [5, 5.41) is 0. The van der Waals surface area contributed by atoms with Gasteiger partial charge in [0.05, 0.1) is 0 Å². The molecule has 0 spiro atoms.